The van der Waals surface area contributed by atoms with Gasteiger partial charge in [0, 0.05) is 23.9 Å². The van der Waals surface area contributed by atoms with Gasteiger partial charge >= 0.3 is 0 Å². The van der Waals surface area contributed by atoms with Crippen molar-refractivity contribution in [2.45, 2.75) is 58.9 Å². The summed E-state index contributed by atoms with van der Waals surface area (Å²) in [5.74, 6) is 0.551. The average Bonchev–Trinajstić information content (AvgIpc) is 3.06. The van der Waals surface area contributed by atoms with E-state index in [0.717, 1.165) is 5.56 Å². The van der Waals surface area contributed by atoms with E-state index in [-0.39, 0.29) is 30.2 Å². The highest BCUT2D eigenvalue weighted by Crippen LogP contribution is 2.23. The largest absolute Gasteiger partial charge is 0.352 e. The number of aryl methyl sites for hydroxylation is 1. The lowest BCUT2D eigenvalue weighted by Crippen LogP contribution is -2.43. The second-order valence-corrected chi connectivity index (χ2v) is 8.17. The summed E-state index contributed by atoms with van der Waals surface area (Å²) in [7, 11) is 0. The van der Waals surface area contributed by atoms with Crippen LogP contribution in [0.2, 0.25) is 0 Å². The maximum atomic E-state index is 12.3. The maximum absolute atomic E-state index is 12.3. The third-order valence-electron chi connectivity index (χ3n) is 4.11. The van der Waals surface area contributed by atoms with Crippen molar-refractivity contribution >= 4 is 11.8 Å². The first kappa shape index (κ1) is 20.6. The number of nitrogens with one attached hydrogen (secondary N) is 2. The van der Waals surface area contributed by atoms with Crippen LogP contribution in [0.5, 0.6) is 0 Å². The molecule has 1 aromatic heterocycles. The van der Waals surface area contributed by atoms with E-state index in [1.807, 2.05) is 59.7 Å². The number of carbonyl (C=O) groups is 2. The fourth-order valence-corrected chi connectivity index (χ4v) is 2.46. The summed E-state index contributed by atoms with van der Waals surface area (Å²) in [6, 6.07) is 7.33. The topological polar surface area (TPSA) is 97.1 Å². The van der Waals surface area contributed by atoms with Gasteiger partial charge in [0.05, 0.1) is 5.54 Å². The Balaban J connectivity index is 1.88. The standard InChI is InChI=1S/C20H28N4O3/c1-13-9-7-8-10-14(13)16(26)21-12-11-15(25)23-20(5,6)17-22-18(27-24-17)19(2,3)4/h7-10H,11-12H2,1-6H3,(H,21,26)(H,23,25). The zero-order valence-electron chi connectivity index (χ0n) is 16.8. The van der Waals surface area contributed by atoms with Crippen molar-refractivity contribution in [3.05, 3.63) is 47.1 Å². The summed E-state index contributed by atoms with van der Waals surface area (Å²) in [6.07, 6.45) is 0.158. The first-order chi connectivity index (χ1) is 12.5. The van der Waals surface area contributed by atoms with Gasteiger partial charge in [-0.2, -0.15) is 4.98 Å². The average molecular weight is 372 g/mol. The molecule has 0 spiro atoms. The van der Waals surface area contributed by atoms with Crippen LogP contribution in [0.3, 0.4) is 0 Å². The summed E-state index contributed by atoms with van der Waals surface area (Å²) in [5, 5.41) is 9.65. The first-order valence-electron chi connectivity index (χ1n) is 9.00. The lowest BCUT2D eigenvalue weighted by molar-refractivity contribution is -0.122. The monoisotopic (exact) mass is 372 g/mol. The molecule has 0 aliphatic carbocycles. The van der Waals surface area contributed by atoms with Gasteiger partial charge in [0.25, 0.3) is 5.91 Å². The lowest BCUT2D eigenvalue weighted by Gasteiger charge is -2.22. The lowest BCUT2D eigenvalue weighted by atomic mass is 9.97. The van der Waals surface area contributed by atoms with Crippen molar-refractivity contribution in [1.82, 2.24) is 20.8 Å². The van der Waals surface area contributed by atoms with Gasteiger partial charge in [-0.15, -0.1) is 0 Å². The number of carbonyl (C=O) groups excluding carboxylic acids is 2. The highest BCUT2D eigenvalue weighted by atomic mass is 16.5. The Kier molecular flexibility index (Phi) is 6.03. The Hall–Kier alpha value is -2.70. The summed E-state index contributed by atoms with van der Waals surface area (Å²) in [6.45, 7) is 11.7. The van der Waals surface area contributed by atoms with Crippen molar-refractivity contribution in [1.29, 1.82) is 0 Å². The van der Waals surface area contributed by atoms with Crippen molar-refractivity contribution in [2.75, 3.05) is 6.54 Å². The third kappa shape index (κ3) is 5.39. The zero-order valence-corrected chi connectivity index (χ0v) is 16.8. The Morgan fingerprint density at radius 1 is 1.11 bits per heavy atom. The van der Waals surface area contributed by atoms with Gasteiger partial charge in [0.1, 0.15) is 0 Å². The van der Waals surface area contributed by atoms with Crippen LogP contribution in [0.1, 0.15) is 68.7 Å². The molecule has 0 unspecified atom stereocenters. The molecule has 0 radical (unpaired) electrons. The number of rotatable bonds is 6. The fourth-order valence-electron chi connectivity index (χ4n) is 2.46. The van der Waals surface area contributed by atoms with Crippen LogP contribution in [0.15, 0.2) is 28.8 Å². The van der Waals surface area contributed by atoms with Crippen LogP contribution in [0.25, 0.3) is 0 Å². The number of aromatic nitrogens is 2. The van der Waals surface area contributed by atoms with E-state index in [9.17, 15) is 9.59 Å². The smallest absolute Gasteiger partial charge is 0.251 e. The molecule has 0 aliphatic heterocycles. The molecule has 7 nitrogen and oxygen atoms in total. The van der Waals surface area contributed by atoms with E-state index in [1.54, 1.807) is 6.07 Å². The summed E-state index contributed by atoms with van der Waals surface area (Å²) in [4.78, 5) is 28.8. The molecule has 0 fully saturated rings. The molecule has 2 aromatic rings. The highest BCUT2D eigenvalue weighted by Gasteiger charge is 2.31. The Morgan fingerprint density at radius 2 is 1.78 bits per heavy atom. The summed E-state index contributed by atoms with van der Waals surface area (Å²) < 4.78 is 5.30. The number of amides is 2. The molecular weight excluding hydrogens is 344 g/mol. The third-order valence-corrected chi connectivity index (χ3v) is 4.11. The molecular formula is C20H28N4O3. The zero-order chi connectivity index (χ0) is 20.2. The molecule has 0 aliphatic rings. The first-order valence-corrected chi connectivity index (χ1v) is 9.00. The molecule has 0 bridgehead atoms. The van der Waals surface area contributed by atoms with Gasteiger partial charge < -0.3 is 15.2 Å². The number of hydrogen-bond acceptors (Lipinski definition) is 5. The van der Waals surface area contributed by atoms with E-state index in [0.29, 0.717) is 17.3 Å². The minimum atomic E-state index is -0.774. The SMILES string of the molecule is Cc1ccccc1C(=O)NCCC(=O)NC(C)(C)c1noc(C(C)(C)C)n1. The molecule has 27 heavy (non-hydrogen) atoms. The van der Waals surface area contributed by atoms with Gasteiger partial charge in [0.2, 0.25) is 11.8 Å². The minimum absolute atomic E-state index is 0.158. The van der Waals surface area contributed by atoms with E-state index in [4.69, 9.17) is 4.52 Å². The quantitative estimate of drug-likeness (QED) is 0.813. The highest BCUT2D eigenvalue weighted by molar-refractivity contribution is 5.95. The Morgan fingerprint density at radius 3 is 2.37 bits per heavy atom. The van der Waals surface area contributed by atoms with E-state index in [1.165, 1.54) is 0 Å². The molecule has 1 aromatic carbocycles. The van der Waals surface area contributed by atoms with Gasteiger partial charge in [-0.1, -0.05) is 44.1 Å². The molecule has 0 saturated heterocycles. The van der Waals surface area contributed by atoms with Crippen LogP contribution in [-0.4, -0.2) is 28.5 Å². The van der Waals surface area contributed by atoms with Crippen LogP contribution < -0.4 is 10.6 Å². The molecule has 7 heteroatoms. The Labute approximate surface area is 159 Å². The molecule has 2 amide bonds. The van der Waals surface area contributed by atoms with Crippen molar-refractivity contribution in [3.63, 3.8) is 0 Å². The molecule has 2 N–H and O–H groups in total. The predicted octanol–water partition coefficient (Wildman–Crippen LogP) is 2.85. The van der Waals surface area contributed by atoms with Gasteiger partial charge in [-0.25, -0.2) is 0 Å². The molecule has 146 valence electrons. The van der Waals surface area contributed by atoms with Gasteiger partial charge in [0.15, 0.2) is 5.82 Å². The molecule has 1 heterocycles. The number of nitrogens with zero attached hydrogens (tertiary/aromatic N) is 2. The van der Waals surface area contributed by atoms with Gasteiger partial charge in [-0.3, -0.25) is 9.59 Å². The minimum Gasteiger partial charge on any atom is -0.352 e. The number of hydrogen-bond donors (Lipinski definition) is 2. The molecule has 0 saturated carbocycles. The van der Waals surface area contributed by atoms with E-state index < -0.39 is 5.54 Å². The van der Waals surface area contributed by atoms with Gasteiger partial charge in [-0.05, 0) is 32.4 Å². The Bertz CT molecular complexity index is 819. The second kappa shape index (κ2) is 7.90. The van der Waals surface area contributed by atoms with Crippen molar-refractivity contribution < 1.29 is 14.1 Å². The van der Waals surface area contributed by atoms with Crippen molar-refractivity contribution in [3.8, 4) is 0 Å². The van der Waals surface area contributed by atoms with Crippen LogP contribution >= 0.6 is 0 Å². The van der Waals surface area contributed by atoms with E-state index in [2.05, 4.69) is 20.8 Å². The summed E-state index contributed by atoms with van der Waals surface area (Å²) >= 11 is 0. The van der Waals surface area contributed by atoms with E-state index >= 15 is 0 Å². The number of benzene rings is 1. The predicted molar refractivity (Wildman–Crippen MR) is 102 cm³/mol. The van der Waals surface area contributed by atoms with Crippen LogP contribution in [-0.2, 0) is 15.7 Å². The van der Waals surface area contributed by atoms with Crippen LogP contribution in [0, 0.1) is 6.92 Å². The molecule has 2 rings (SSSR count). The normalized spacial score (nSPS) is 11.9. The fraction of sp³-hybridized carbons (Fsp3) is 0.500. The molecule has 0 atom stereocenters. The van der Waals surface area contributed by atoms with Crippen molar-refractivity contribution in [2.24, 2.45) is 0 Å². The summed E-state index contributed by atoms with van der Waals surface area (Å²) in [5.41, 5.74) is 0.474. The second-order valence-electron chi connectivity index (χ2n) is 8.17. The maximum Gasteiger partial charge on any atom is 0.251 e. The van der Waals surface area contributed by atoms with Crippen LogP contribution in [0.4, 0.5) is 0 Å².